The molecule has 2 fully saturated rings. The lowest BCUT2D eigenvalue weighted by Crippen LogP contribution is -2.54. The molecular weight excluding hydrogens is 216 g/mol. The summed E-state index contributed by atoms with van der Waals surface area (Å²) < 4.78 is 0. The number of hydrogen-bond donors (Lipinski definition) is 2. The van der Waals surface area contributed by atoms with Gasteiger partial charge in [0.15, 0.2) is 0 Å². The Hall–Kier alpha value is -0.610. The molecule has 17 heavy (non-hydrogen) atoms. The topological polar surface area (TPSA) is 52.6 Å². The predicted octanol–water partition coefficient (Wildman–Crippen LogP) is 0.890. The third kappa shape index (κ3) is 2.80. The molecule has 2 unspecified atom stereocenters. The Morgan fingerprint density at radius 2 is 2.00 bits per heavy atom. The predicted molar refractivity (Wildman–Crippen MR) is 66.7 cm³/mol. The van der Waals surface area contributed by atoms with Crippen molar-refractivity contribution >= 4 is 5.91 Å². The average molecular weight is 240 g/mol. The molecule has 1 heterocycles. The van der Waals surface area contributed by atoms with E-state index in [1.54, 1.807) is 0 Å². The van der Waals surface area contributed by atoms with Gasteiger partial charge in [-0.05, 0) is 26.2 Å². The third-order valence-corrected chi connectivity index (χ3v) is 4.20. The maximum Gasteiger partial charge on any atom is 0.239 e. The Bertz CT molecular complexity index is 264. The Morgan fingerprint density at radius 1 is 1.29 bits per heavy atom. The molecular formula is C13H24N2O2. The van der Waals surface area contributed by atoms with Gasteiger partial charge in [-0.25, -0.2) is 0 Å². The number of nitrogens with zero attached hydrogens (tertiary/aromatic N) is 1. The summed E-state index contributed by atoms with van der Waals surface area (Å²) in [6.45, 7) is 2.85. The summed E-state index contributed by atoms with van der Waals surface area (Å²) in [6, 6.07) is 0.532. The molecule has 2 N–H and O–H groups in total. The zero-order chi connectivity index (χ0) is 12.3. The van der Waals surface area contributed by atoms with Crippen LogP contribution in [-0.2, 0) is 4.79 Å². The van der Waals surface area contributed by atoms with Gasteiger partial charge in [0.05, 0.1) is 6.61 Å². The van der Waals surface area contributed by atoms with Crippen molar-refractivity contribution in [3.8, 4) is 0 Å². The van der Waals surface area contributed by atoms with Crippen molar-refractivity contribution in [2.75, 3.05) is 13.2 Å². The molecule has 0 radical (unpaired) electrons. The second kappa shape index (κ2) is 5.83. The molecule has 0 aromatic carbocycles. The number of carbonyl (C=O) groups is 1. The first-order valence-corrected chi connectivity index (χ1v) is 6.90. The fourth-order valence-corrected chi connectivity index (χ4v) is 3.28. The van der Waals surface area contributed by atoms with E-state index in [4.69, 9.17) is 0 Å². The molecule has 1 saturated carbocycles. The molecule has 4 heteroatoms. The number of nitrogens with one attached hydrogen (secondary N) is 1. The van der Waals surface area contributed by atoms with Gasteiger partial charge in [-0.1, -0.05) is 19.3 Å². The Balaban J connectivity index is 2.14. The summed E-state index contributed by atoms with van der Waals surface area (Å²) in [5.74, 6) is 0.00224. The van der Waals surface area contributed by atoms with Crippen molar-refractivity contribution in [1.82, 2.24) is 10.2 Å². The molecule has 4 nitrogen and oxygen atoms in total. The van der Waals surface area contributed by atoms with E-state index in [0.29, 0.717) is 12.1 Å². The van der Waals surface area contributed by atoms with E-state index in [-0.39, 0.29) is 18.6 Å². The lowest BCUT2D eigenvalue weighted by molar-refractivity contribution is -0.129. The van der Waals surface area contributed by atoms with Gasteiger partial charge >= 0.3 is 0 Å². The molecule has 0 aromatic heterocycles. The molecule has 1 aliphatic carbocycles. The number of amides is 1. The average Bonchev–Trinajstić information content (AvgIpc) is 2.49. The third-order valence-electron chi connectivity index (χ3n) is 4.20. The minimum Gasteiger partial charge on any atom is -0.394 e. The summed E-state index contributed by atoms with van der Waals surface area (Å²) in [5, 5.41) is 12.4. The van der Waals surface area contributed by atoms with Crippen LogP contribution in [0.1, 0.15) is 45.4 Å². The summed E-state index contributed by atoms with van der Waals surface area (Å²) in [6.07, 6.45) is 7.16. The zero-order valence-corrected chi connectivity index (χ0v) is 10.7. The molecule has 2 aliphatic rings. The van der Waals surface area contributed by atoms with E-state index in [9.17, 15) is 9.90 Å². The highest BCUT2D eigenvalue weighted by Crippen LogP contribution is 2.27. The van der Waals surface area contributed by atoms with Crippen LogP contribution in [-0.4, -0.2) is 47.2 Å². The molecule has 98 valence electrons. The fourth-order valence-electron chi connectivity index (χ4n) is 3.28. The van der Waals surface area contributed by atoms with E-state index in [1.165, 1.54) is 32.1 Å². The SMILES string of the molecule is CC1CCNC(=O)C(CO)N1C1CCCCC1. The molecule has 0 aromatic rings. The Morgan fingerprint density at radius 3 is 2.65 bits per heavy atom. The van der Waals surface area contributed by atoms with Crippen molar-refractivity contribution in [1.29, 1.82) is 0 Å². The normalized spacial score (nSPS) is 33.2. The smallest absolute Gasteiger partial charge is 0.239 e. The Labute approximate surface area is 103 Å². The van der Waals surface area contributed by atoms with Crippen molar-refractivity contribution in [2.45, 2.75) is 63.6 Å². The number of aliphatic hydroxyl groups is 1. The minimum atomic E-state index is -0.337. The van der Waals surface area contributed by atoms with Crippen LogP contribution in [0.4, 0.5) is 0 Å². The van der Waals surface area contributed by atoms with Gasteiger partial charge in [0.25, 0.3) is 0 Å². The van der Waals surface area contributed by atoms with Crippen LogP contribution < -0.4 is 5.32 Å². The van der Waals surface area contributed by atoms with Crippen LogP contribution >= 0.6 is 0 Å². The second-order valence-electron chi connectivity index (χ2n) is 5.37. The first kappa shape index (κ1) is 12.8. The second-order valence-corrected chi connectivity index (χ2v) is 5.37. The highest BCUT2D eigenvalue weighted by atomic mass is 16.3. The monoisotopic (exact) mass is 240 g/mol. The quantitative estimate of drug-likeness (QED) is 0.753. The number of carbonyl (C=O) groups excluding carboxylic acids is 1. The van der Waals surface area contributed by atoms with Crippen molar-refractivity contribution < 1.29 is 9.90 Å². The van der Waals surface area contributed by atoms with Gasteiger partial charge in [-0.2, -0.15) is 0 Å². The van der Waals surface area contributed by atoms with Gasteiger partial charge < -0.3 is 10.4 Å². The van der Waals surface area contributed by atoms with Crippen LogP contribution in [0, 0.1) is 0 Å². The number of hydrogen-bond acceptors (Lipinski definition) is 3. The van der Waals surface area contributed by atoms with Crippen LogP contribution in [0.2, 0.25) is 0 Å². The highest BCUT2D eigenvalue weighted by molar-refractivity contribution is 5.82. The van der Waals surface area contributed by atoms with Crippen molar-refractivity contribution in [3.63, 3.8) is 0 Å². The molecule has 2 atom stereocenters. The lowest BCUT2D eigenvalue weighted by atomic mass is 9.91. The van der Waals surface area contributed by atoms with Gasteiger partial charge in [-0.15, -0.1) is 0 Å². The molecule has 1 saturated heterocycles. The summed E-state index contributed by atoms with van der Waals surface area (Å²) >= 11 is 0. The van der Waals surface area contributed by atoms with E-state index >= 15 is 0 Å². The van der Waals surface area contributed by atoms with E-state index in [0.717, 1.165) is 13.0 Å². The largest absolute Gasteiger partial charge is 0.394 e. The van der Waals surface area contributed by atoms with E-state index in [1.807, 2.05) is 0 Å². The van der Waals surface area contributed by atoms with E-state index < -0.39 is 0 Å². The van der Waals surface area contributed by atoms with Gasteiger partial charge in [0.1, 0.15) is 6.04 Å². The molecule has 0 spiro atoms. The van der Waals surface area contributed by atoms with E-state index in [2.05, 4.69) is 17.1 Å². The van der Waals surface area contributed by atoms with Crippen LogP contribution in [0.3, 0.4) is 0 Å². The van der Waals surface area contributed by atoms with Crippen molar-refractivity contribution in [3.05, 3.63) is 0 Å². The lowest BCUT2D eigenvalue weighted by Gasteiger charge is -2.40. The van der Waals surface area contributed by atoms with Gasteiger partial charge in [0.2, 0.25) is 5.91 Å². The maximum absolute atomic E-state index is 11.9. The van der Waals surface area contributed by atoms with Gasteiger partial charge in [0, 0.05) is 18.6 Å². The van der Waals surface area contributed by atoms with Gasteiger partial charge in [-0.3, -0.25) is 9.69 Å². The van der Waals surface area contributed by atoms with Crippen LogP contribution in [0.5, 0.6) is 0 Å². The zero-order valence-electron chi connectivity index (χ0n) is 10.7. The Kier molecular flexibility index (Phi) is 4.40. The summed E-state index contributed by atoms with van der Waals surface area (Å²) in [4.78, 5) is 14.2. The van der Waals surface area contributed by atoms with Crippen LogP contribution in [0.15, 0.2) is 0 Å². The summed E-state index contributed by atoms with van der Waals surface area (Å²) in [7, 11) is 0. The number of rotatable bonds is 2. The standard InChI is InChI=1S/C13H24N2O2/c1-10-7-8-14-13(17)12(9-16)15(10)11-5-3-2-4-6-11/h10-12,16H,2-9H2,1H3,(H,14,17). The highest BCUT2D eigenvalue weighted by Gasteiger charge is 2.36. The first-order chi connectivity index (χ1) is 8.24. The summed E-state index contributed by atoms with van der Waals surface area (Å²) in [5.41, 5.74) is 0. The van der Waals surface area contributed by atoms with Crippen molar-refractivity contribution in [2.24, 2.45) is 0 Å². The maximum atomic E-state index is 11.9. The molecule has 1 amide bonds. The van der Waals surface area contributed by atoms with Crippen LogP contribution in [0.25, 0.3) is 0 Å². The molecule has 2 rings (SSSR count). The number of aliphatic hydroxyl groups excluding tert-OH is 1. The molecule has 1 aliphatic heterocycles. The first-order valence-electron chi connectivity index (χ1n) is 6.90. The fraction of sp³-hybridized carbons (Fsp3) is 0.923. The molecule has 0 bridgehead atoms. The minimum absolute atomic E-state index is 0.00224.